The SMILES string of the molecule is Fc1ccc(Br)c(N2CC3(CCCC3)C2)c1. The van der Waals surface area contributed by atoms with E-state index in [2.05, 4.69) is 20.8 Å². The lowest BCUT2D eigenvalue weighted by Crippen LogP contribution is -2.55. The minimum absolute atomic E-state index is 0.148. The maximum absolute atomic E-state index is 13.2. The van der Waals surface area contributed by atoms with Crippen molar-refractivity contribution < 1.29 is 4.39 Å². The van der Waals surface area contributed by atoms with Crippen molar-refractivity contribution in [1.82, 2.24) is 0 Å². The van der Waals surface area contributed by atoms with Crippen LogP contribution in [0.15, 0.2) is 22.7 Å². The summed E-state index contributed by atoms with van der Waals surface area (Å²) in [5, 5.41) is 0. The van der Waals surface area contributed by atoms with Gasteiger partial charge in [-0.1, -0.05) is 12.8 Å². The zero-order chi connectivity index (χ0) is 11.2. The normalized spacial score (nSPS) is 22.5. The molecule has 1 spiro atoms. The number of halogens is 2. The van der Waals surface area contributed by atoms with Crippen molar-refractivity contribution in [2.24, 2.45) is 5.41 Å². The van der Waals surface area contributed by atoms with E-state index in [1.807, 2.05) is 0 Å². The topological polar surface area (TPSA) is 3.24 Å². The van der Waals surface area contributed by atoms with Crippen LogP contribution in [-0.4, -0.2) is 13.1 Å². The molecule has 2 aliphatic rings. The van der Waals surface area contributed by atoms with Crippen molar-refractivity contribution in [1.29, 1.82) is 0 Å². The van der Waals surface area contributed by atoms with Crippen LogP contribution in [0.4, 0.5) is 10.1 Å². The molecule has 0 aromatic heterocycles. The fourth-order valence-corrected chi connectivity index (χ4v) is 3.60. The number of nitrogens with zero attached hydrogens (tertiary/aromatic N) is 1. The first-order valence-corrected chi connectivity index (χ1v) is 6.68. The number of benzene rings is 1. The second kappa shape index (κ2) is 3.73. The summed E-state index contributed by atoms with van der Waals surface area (Å²) >= 11 is 3.49. The highest BCUT2D eigenvalue weighted by molar-refractivity contribution is 9.10. The first-order valence-electron chi connectivity index (χ1n) is 5.89. The minimum atomic E-state index is -0.148. The van der Waals surface area contributed by atoms with Gasteiger partial charge in [0.1, 0.15) is 5.82 Å². The van der Waals surface area contributed by atoms with Gasteiger partial charge in [0, 0.05) is 23.0 Å². The first kappa shape index (κ1) is 10.6. The van der Waals surface area contributed by atoms with Gasteiger partial charge in [-0.3, -0.25) is 0 Å². The van der Waals surface area contributed by atoms with Gasteiger partial charge in [-0.05, 0) is 47.0 Å². The van der Waals surface area contributed by atoms with E-state index in [0.29, 0.717) is 5.41 Å². The summed E-state index contributed by atoms with van der Waals surface area (Å²) in [5.74, 6) is -0.148. The lowest BCUT2D eigenvalue weighted by atomic mass is 9.78. The van der Waals surface area contributed by atoms with Crippen LogP contribution in [0.2, 0.25) is 0 Å². The number of hydrogen-bond donors (Lipinski definition) is 0. The Kier molecular flexibility index (Phi) is 2.46. The van der Waals surface area contributed by atoms with E-state index < -0.39 is 0 Å². The van der Waals surface area contributed by atoms with E-state index >= 15 is 0 Å². The van der Waals surface area contributed by atoms with E-state index in [1.165, 1.54) is 31.7 Å². The molecule has 1 aliphatic heterocycles. The van der Waals surface area contributed by atoms with Crippen LogP contribution in [0.25, 0.3) is 0 Å². The summed E-state index contributed by atoms with van der Waals surface area (Å²) in [5.41, 5.74) is 1.57. The molecule has 0 radical (unpaired) electrons. The second-order valence-electron chi connectivity index (χ2n) is 5.16. The Morgan fingerprint density at radius 2 is 1.88 bits per heavy atom. The zero-order valence-corrected chi connectivity index (χ0v) is 10.8. The molecule has 3 heteroatoms. The van der Waals surface area contributed by atoms with Crippen molar-refractivity contribution in [2.45, 2.75) is 25.7 Å². The summed E-state index contributed by atoms with van der Waals surface area (Å²) in [7, 11) is 0. The van der Waals surface area contributed by atoms with Gasteiger partial charge in [0.05, 0.1) is 5.69 Å². The quantitative estimate of drug-likeness (QED) is 0.754. The van der Waals surface area contributed by atoms with Crippen LogP contribution in [0.3, 0.4) is 0 Å². The molecule has 0 bridgehead atoms. The Labute approximate surface area is 104 Å². The Morgan fingerprint density at radius 3 is 2.56 bits per heavy atom. The first-order chi connectivity index (χ1) is 7.69. The Morgan fingerprint density at radius 1 is 1.19 bits per heavy atom. The summed E-state index contributed by atoms with van der Waals surface area (Å²) in [6.45, 7) is 2.21. The number of rotatable bonds is 1. The molecule has 86 valence electrons. The van der Waals surface area contributed by atoms with E-state index in [4.69, 9.17) is 0 Å². The van der Waals surface area contributed by atoms with Gasteiger partial charge < -0.3 is 4.90 Å². The largest absolute Gasteiger partial charge is 0.369 e. The molecule has 0 atom stereocenters. The molecular formula is C13H15BrFN. The molecule has 1 nitrogen and oxygen atoms in total. The van der Waals surface area contributed by atoms with Crippen molar-refractivity contribution in [3.05, 3.63) is 28.5 Å². The van der Waals surface area contributed by atoms with Gasteiger partial charge in [-0.25, -0.2) is 4.39 Å². The van der Waals surface area contributed by atoms with E-state index in [1.54, 1.807) is 12.1 Å². The maximum Gasteiger partial charge on any atom is 0.125 e. The average Bonchev–Trinajstić information content (AvgIpc) is 2.68. The Bertz CT molecular complexity index is 404. The molecule has 0 N–H and O–H groups in total. The molecule has 0 amide bonds. The van der Waals surface area contributed by atoms with E-state index in [9.17, 15) is 4.39 Å². The summed E-state index contributed by atoms with van der Waals surface area (Å²) < 4.78 is 14.2. The van der Waals surface area contributed by atoms with Gasteiger partial charge in [0.15, 0.2) is 0 Å². The third-order valence-electron chi connectivity index (χ3n) is 3.97. The predicted octanol–water partition coefficient (Wildman–Crippen LogP) is 3.97. The van der Waals surface area contributed by atoms with Crippen molar-refractivity contribution >= 4 is 21.6 Å². The van der Waals surface area contributed by atoms with E-state index in [-0.39, 0.29) is 5.82 Å². The fraction of sp³-hybridized carbons (Fsp3) is 0.538. The van der Waals surface area contributed by atoms with E-state index in [0.717, 1.165) is 23.2 Å². The molecule has 1 aromatic carbocycles. The monoisotopic (exact) mass is 283 g/mol. The van der Waals surface area contributed by atoms with Crippen LogP contribution < -0.4 is 4.90 Å². The fourth-order valence-electron chi connectivity index (χ4n) is 3.10. The Balaban J connectivity index is 1.78. The van der Waals surface area contributed by atoms with Gasteiger partial charge in [0.2, 0.25) is 0 Å². The molecule has 1 saturated carbocycles. The van der Waals surface area contributed by atoms with Crippen LogP contribution >= 0.6 is 15.9 Å². The molecule has 2 fully saturated rings. The third kappa shape index (κ3) is 1.65. The summed E-state index contributed by atoms with van der Waals surface area (Å²) in [6.07, 6.45) is 5.46. The standard InChI is InChI=1S/C13H15BrFN/c14-11-4-3-10(15)7-12(11)16-8-13(9-16)5-1-2-6-13/h3-4,7H,1-2,5-6,8-9H2. The van der Waals surface area contributed by atoms with Crippen LogP contribution in [0.1, 0.15) is 25.7 Å². The van der Waals surface area contributed by atoms with Gasteiger partial charge in [0.25, 0.3) is 0 Å². The highest BCUT2D eigenvalue weighted by atomic mass is 79.9. The Hall–Kier alpha value is -0.570. The van der Waals surface area contributed by atoms with Gasteiger partial charge in [-0.2, -0.15) is 0 Å². The molecule has 3 rings (SSSR count). The number of anilines is 1. The lowest BCUT2D eigenvalue weighted by molar-refractivity contribution is 0.221. The number of hydrogen-bond acceptors (Lipinski definition) is 1. The molecule has 1 heterocycles. The highest BCUT2D eigenvalue weighted by Gasteiger charge is 2.45. The molecule has 16 heavy (non-hydrogen) atoms. The second-order valence-corrected chi connectivity index (χ2v) is 6.01. The molecule has 1 aliphatic carbocycles. The summed E-state index contributed by atoms with van der Waals surface area (Å²) in [6, 6.07) is 4.93. The van der Waals surface area contributed by atoms with Crippen LogP contribution in [-0.2, 0) is 0 Å². The minimum Gasteiger partial charge on any atom is -0.369 e. The van der Waals surface area contributed by atoms with Crippen molar-refractivity contribution in [3.8, 4) is 0 Å². The molecule has 0 unspecified atom stereocenters. The van der Waals surface area contributed by atoms with Gasteiger partial charge in [-0.15, -0.1) is 0 Å². The molecule has 1 aromatic rings. The molecular weight excluding hydrogens is 269 g/mol. The predicted molar refractivity (Wildman–Crippen MR) is 67.2 cm³/mol. The zero-order valence-electron chi connectivity index (χ0n) is 9.18. The van der Waals surface area contributed by atoms with Crippen LogP contribution in [0, 0.1) is 11.2 Å². The van der Waals surface area contributed by atoms with Crippen molar-refractivity contribution in [3.63, 3.8) is 0 Å². The van der Waals surface area contributed by atoms with Gasteiger partial charge >= 0.3 is 0 Å². The van der Waals surface area contributed by atoms with Crippen LogP contribution in [0.5, 0.6) is 0 Å². The highest BCUT2D eigenvalue weighted by Crippen LogP contribution is 2.48. The van der Waals surface area contributed by atoms with Crippen molar-refractivity contribution in [2.75, 3.05) is 18.0 Å². The smallest absolute Gasteiger partial charge is 0.125 e. The molecule has 1 saturated heterocycles. The summed E-state index contributed by atoms with van der Waals surface area (Å²) in [4.78, 5) is 2.29. The average molecular weight is 284 g/mol. The lowest BCUT2D eigenvalue weighted by Gasteiger charge is -2.50. The maximum atomic E-state index is 13.2. The third-order valence-corrected chi connectivity index (χ3v) is 4.64.